The van der Waals surface area contributed by atoms with E-state index in [-0.39, 0.29) is 12.7 Å². The number of halogens is 1. The van der Waals surface area contributed by atoms with Crippen LogP contribution in [0, 0.1) is 0 Å². The molecule has 1 fully saturated rings. The molecule has 1 rings (SSSR count). The van der Waals surface area contributed by atoms with E-state index in [1.54, 1.807) is 0 Å². The molecule has 0 unspecified atom stereocenters. The van der Waals surface area contributed by atoms with E-state index in [1.165, 1.54) is 0 Å². The predicted octanol–water partition coefficient (Wildman–Crippen LogP) is 0.921. The standard InChI is InChI=1S/C6H11BrO2/c7-3-5-1-2-6(4-8)9-5/h5-6,8H,1-4H2/t5-,6-/m0/s1. The summed E-state index contributed by atoms with van der Waals surface area (Å²) in [5, 5.41) is 9.53. The van der Waals surface area contributed by atoms with Crippen LogP contribution in [-0.2, 0) is 4.74 Å². The van der Waals surface area contributed by atoms with Gasteiger partial charge in [0.05, 0.1) is 18.8 Å². The average molecular weight is 195 g/mol. The summed E-state index contributed by atoms with van der Waals surface area (Å²) in [5.74, 6) is 0. The Morgan fingerprint density at radius 1 is 1.44 bits per heavy atom. The molecule has 1 saturated heterocycles. The number of hydrogen-bond acceptors (Lipinski definition) is 2. The Morgan fingerprint density at radius 3 is 2.44 bits per heavy atom. The van der Waals surface area contributed by atoms with Gasteiger partial charge in [0.15, 0.2) is 0 Å². The van der Waals surface area contributed by atoms with Crippen molar-refractivity contribution in [3.8, 4) is 0 Å². The predicted molar refractivity (Wildman–Crippen MR) is 38.8 cm³/mol. The number of alkyl halides is 1. The Bertz CT molecular complexity index is 77.1. The minimum absolute atomic E-state index is 0.104. The SMILES string of the molecule is OC[C@@H]1CC[C@@H](CBr)O1. The molecule has 1 heterocycles. The third kappa shape index (κ3) is 1.92. The lowest BCUT2D eigenvalue weighted by atomic mass is 10.2. The van der Waals surface area contributed by atoms with Crippen LogP contribution in [0.25, 0.3) is 0 Å². The topological polar surface area (TPSA) is 29.5 Å². The lowest BCUT2D eigenvalue weighted by Crippen LogP contribution is -2.14. The molecule has 0 spiro atoms. The van der Waals surface area contributed by atoms with E-state index < -0.39 is 0 Å². The zero-order valence-corrected chi connectivity index (χ0v) is 6.80. The summed E-state index contributed by atoms with van der Waals surface area (Å²) >= 11 is 3.33. The van der Waals surface area contributed by atoms with Crippen LogP contribution in [-0.4, -0.2) is 29.3 Å². The highest BCUT2D eigenvalue weighted by Crippen LogP contribution is 2.20. The molecular formula is C6H11BrO2. The summed E-state index contributed by atoms with van der Waals surface area (Å²) in [5.41, 5.74) is 0. The van der Waals surface area contributed by atoms with Crippen molar-refractivity contribution in [2.24, 2.45) is 0 Å². The maximum absolute atomic E-state index is 8.64. The second-order valence-electron chi connectivity index (χ2n) is 2.29. The monoisotopic (exact) mass is 194 g/mol. The first kappa shape index (κ1) is 7.51. The van der Waals surface area contributed by atoms with Gasteiger partial charge in [-0.3, -0.25) is 0 Å². The molecule has 3 heteroatoms. The summed E-state index contributed by atoms with van der Waals surface area (Å²) in [6.45, 7) is 0.170. The fourth-order valence-electron chi connectivity index (χ4n) is 1.03. The van der Waals surface area contributed by atoms with Crippen molar-refractivity contribution in [3.63, 3.8) is 0 Å². The van der Waals surface area contributed by atoms with Crippen molar-refractivity contribution in [2.45, 2.75) is 25.0 Å². The summed E-state index contributed by atoms with van der Waals surface area (Å²) in [6, 6.07) is 0. The molecule has 0 aromatic rings. The maximum atomic E-state index is 8.64. The van der Waals surface area contributed by atoms with Crippen LogP contribution < -0.4 is 0 Å². The van der Waals surface area contributed by atoms with Gasteiger partial charge in [-0.15, -0.1) is 0 Å². The van der Waals surface area contributed by atoms with Gasteiger partial charge in [-0.1, -0.05) is 15.9 Å². The number of ether oxygens (including phenoxy) is 1. The van der Waals surface area contributed by atoms with Crippen molar-refractivity contribution in [3.05, 3.63) is 0 Å². The van der Waals surface area contributed by atoms with Gasteiger partial charge in [-0.25, -0.2) is 0 Å². The van der Waals surface area contributed by atoms with Gasteiger partial charge in [0.25, 0.3) is 0 Å². The van der Waals surface area contributed by atoms with E-state index in [4.69, 9.17) is 9.84 Å². The van der Waals surface area contributed by atoms with Gasteiger partial charge in [0.1, 0.15) is 0 Å². The van der Waals surface area contributed by atoms with Crippen molar-refractivity contribution >= 4 is 15.9 Å². The van der Waals surface area contributed by atoms with Crippen LogP contribution in [0.15, 0.2) is 0 Å². The Hall–Kier alpha value is 0.400. The quantitative estimate of drug-likeness (QED) is 0.664. The lowest BCUT2D eigenvalue weighted by molar-refractivity contribution is 0.0222. The Morgan fingerprint density at radius 2 is 2.11 bits per heavy atom. The first-order valence-electron chi connectivity index (χ1n) is 3.19. The molecule has 1 N–H and O–H groups in total. The third-order valence-electron chi connectivity index (χ3n) is 1.57. The van der Waals surface area contributed by atoms with Gasteiger partial charge in [0, 0.05) is 5.33 Å². The molecule has 9 heavy (non-hydrogen) atoms. The van der Waals surface area contributed by atoms with Crippen molar-refractivity contribution < 1.29 is 9.84 Å². The normalized spacial score (nSPS) is 35.3. The highest BCUT2D eigenvalue weighted by atomic mass is 79.9. The number of aliphatic hydroxyl groups excluding tert-OH is 1. The maximum Gasteiger partial charge on any atom is 0.0810 e. The average Bonchev–Trinajstić information content (AvgIpc) is 2.34. The van der Waals surface area contributed by atoms with Crippen LogP contribution in [0.3, 0.4) is 0 Å². The molecule has 1 aliphatic rings. The fourth-order valence-corrected chi connectivity index (χ4v) is 1.50. The van der Waals surface area contributed by atoms with Crippen LogP contribution in [0.2, 0.25) is 0 Å². The fraction of sp³-hybridized carbons (Fsp3) is 1.00. The summed E-state index contributed by atoms with van der Waals surface area (Å²) < 4.78 is 5.36. The van der Waals surface area contributed by atoms with Gasteiger partial charge in [-0.05, 0) is 12.8 Å². The molecule has 2 nitrogen and oxygen atoms in total. The zero-order valence-electron chi connectivity index (χ0n) is 5.22. The Balaban J connectivity index is 2.20. The van der Waals surface area contributed by atoms with E-state index in [0.29, 0.717) is 6.10 Å². The van der Waals surface area contributed by atoms with Crippen molar-refractivity contribution in [1.82, 2.24) is 0 Å². The molecule has 0 aromatic heterocycles. The van der Waals surface area contributed by atoms with E-state index in [2.05, 4.69) is 15.9 Å². The molecule has 2 atom stereocenters. The molecule has 0 saturated carbocycles. The number of aliphatic hydroxyl groups is 1. The molecule has 0 radical (unpaired) electrons. The molecular weight excluding hydrogens is 184 g/mol. The Kier molecular flexibility index (Phi) is 2.95. The van der Waals surface area contributed by atoms with Gasteiger partial charge < -0.3 is 9.84 Å². The minimum atomic E-state index is 0.104. The van der Waals surface area contributed by atoms with E-state index >= 15 is 0 Å². The minimum Gasteiger partial charge on any atom is -0.394 e. The smallest absolute Gasteiger partial charge is 0.0810 e. The van der Waals surface area contributed by atoms with E-state index in [1.807, 2.05) is 0 Å². The summed E-state index contributed by atoms with van der Waals surface area (Å²) in [6.07, 6.45) is 2.53. The number of hydrogen-bond donors (Lipinski definition) is 1. The zero-order chi connectivity index (χ0) is 6.69. The molecule has 0 bridgehead atoms. The largest absolute Gasteiger partial charge is 0.394 e. The van der Waals surface area contributed by atoms with Crippen LogP contribution in [0.1, 0.15) is 12.8 Å². The highest BCUT2D eigenvalue weighted by molar-refractivity contribution is 9.09. The third-order valence-corrected chi connectivity index (χ3v) is 2.29. The summed E-state index contributed by atoms with van der Waals surface area (Å²) in [4.78, 5) is 0. The number of rotatable bonds is 2. The molecule has 54 valence electrons. The van der Waals surface area contributed by atoms with E-state index in [9.17, 15) is 0 Å². The van der Waals surface area contributed by atoms with Crippen molar-refractivity contribution in [1.29, 1.82) is 0 Å². The van der Waals surface area contributed by atoms with Crippen molar-refractivity contribution in [2.75, 3.05) is 11.9 Å². The van der Waals surface area contributed by atoms with Crippen LogP contribution in [0.4, 0.5) is 0 Å². The lowest BCUT2D eigenvalue weighted by Gasteiger charge is -2.07. The molecule has 0 aliphatic carbocycles. The molecule has 0 amide bonds. The second kappa shape index (κ2) is 3.54. The van der Waals surface area contributed by atoms with E-state index in [0.717, 1.165) is 18.2 Å². The molecule has 0 aromatic carbocycles. The molecule has 1 aliphatic heterocycles. The Labute approximate surface area is 63.3 Å². The summed E-state index contributed by atoms with van der Waals surface area (Å²) in [7, 11) is 0. The van der Waals surface area contributed by atoms with Gasteiger partial charge in [0.2, 0.25) is 0 Å². The van der Waals surface area contributed by atoms with Crippen LogP contribution in [0.5, 0.6) is 0 Å². The highest BCUT2D eigenvalue weighted by Gasteiger charge is 2.22. The van der Waals surface area contributed by atoms with Gasteiger partial charge >= 0.3 is 0 Å². The first-order chi connectivity index (χ1) is 4.36. The first-order valence-corrected chi connectivity index (χ1v) is 4.31. The second-order valence-corrected chi connectivity index (χ2v) is 2.94. The van der Waals surface area contributed by atoms with Crippen LogP contribution >= 0.6 is 15.9 Å². The van der Waals surface area contributed by atoms with Gasteiger partial charge in [-0.2, -0.15) is 0 Å².